The van der Waals surface area contributed by atoms with Crippen LogP contribution in [0.5, 0.6) is 0 Å². The summed E-state index contributed by atoms with van der Waals surface area (Å²) in [5, 5.41) is 3.38. The van der Waals surface area contributed by atoms with E-state index < -0.39 is 0 Å². The van der Waals surface area contributed by atoms with E-state index in [4.69, 9.17) is 0 Å². The van der Waals surface area contributed by atoms with Crippen LogP contribution in [-0.4, -0.2) is 26.5 Å². The monoisotopic (exact) mass is 373 g/mol. The number of carbonyl (C=O) groups is 2. The molecule has 0 spiro atoms. The molecule has 1 atom stereocenters. The normalized spacial score (nSPS) is 12.0. The molecule has 1 aromatic carbocycles. The summed E-state index contributed by atoms with van der Waals surface area (Å²) in [7, 11) is 0. The van der Waals surface area contributed by atoms with E-state index in [1.54, 1.807) is 24.3 Å². The predicted octanol–water partition coefficient (Wildman–Crippen LogP) is 4.62. The second kappa shape index (κ2) is 9.03. The van der Waals surface area contributed by atoms with Gasteiger partial charge in [-0.2, -0.15) is 0 Å². The molecule has 1 aromatic heterocycles. The molecule has 0 radical (unpaired) electrons. The van der Waals surface area contributed by atoms with Crippen LogP contribution < -0.4 is 5.32 Å². The van der Waals surface area contributed by atoms with E-state index in [0.29, 0.717) is 11.3 Å². The lowest BCUT2D eigenvalue weighted by Crippen LogP contribution is -2.15. The topological polar surface area (TPSA) is 64.0 Å². The molecule has 2 aromatic rings. The van der Waals surface area contributed by atoms with E-state index >= 15 is 0 Å². The van der Waals surface area contributed by atoms with Gasteiger partial charge in [0.15, 0.2) is 10.9 Å². The number of hydrogen-bond acceptors (Lipinski definition) is 4. The van der Waals surface area contributed by atoms with Crippen molar-refractivity contribution in [1.29, 1.82) is 0 Å². The zero-order valence-corrected chi connectivity index (χ0v) is 16.9. The van der Waals surface area contributed by atoms with E-state index in [2.05, 4.69) is 28.7 Å². The van der Waals surface area contributed by atoms with Crippen molar-refractivity contribution < 1.29 is 9.59 Å². The summed E-state index contributed by atoms with van der Waals surface area (Å²) in [5.41, 5.74) is 3.51. The van der Waals surface area contributed by atoms with Crippen molar-refractivity contribution >= 4 is 29.1 Å². The van der Waals surface area contributed by atoms with Gasteiger partial charge in [-0.05, 0) is 51.5 Å². The van der Waals surface area contributed by atoms with Gasteiger partial charge in [-0.3, -0.25) is 9.59 Å². The molecule has 1 N–H and O–H groups in total. The highest BCUT2D eigenvalue weighted by atomic mass is 32.2. The van der Waals surface area contributed by atoms with Gasteiger partial charge < -0.3 is 9.88 Å². The summed E-state index contributed by atoms with van der Waals surface area (Å²) in [5.74, 6) is -0.0672. The molecule has 2 rings (SSSR count). The van der Waals surface area contributed by atoms with Crippen LogP contribution in [-0.2, 0) is 11.3 Å². The van der Waals surface area contributed by atoms with Crippen LogP contribution in [0.15, 0.2) is 29.4 Å². The molecule has 0 fully saturated rings. The number of amides is 1. The molecule has 5 nitrogen and oxygen atoms in total. The van der Waals surface area contributed by atoms with Gasteiger partial charge >= 0.3 is 0 Å². The summed E-state index contributed by atoms with van der Waals surface area (Å²) in [6.07, 6.45) is 2.22. The smallest absolute Gasteiger partial charge is 0.221 e. The molecule has 1 amide bonds. The highest BCUT2D eigenvalue weighted by Crippen LogP contribution is 2.28. The minimum atomic E-state index is -0.233. The van der Waals surface area contributed by atoms with Crippen molar-refractivity contribution in [2.45, 2.75) is 64.4 Å². The van der Waals surface area contributed by atoms with E-state index in [-0.39, 0.29) is 16.9 Å². The third kappa shape index (κ3) is 4.97. The summed E-state index contributed by atoms with van der Waals surface area (Å²) in [6, 6.07) is 7.01. The van der Waals surface area contributed by atoms with Crippen molar-refractivity contribution in [3.63, 3.8) is 0 Å². The maximum Gasteiger partial charge on any atom is 0.221 e. The zero-order valence-electron chi connectivity index (χ0n) is 16.1. The number of Topliss-reactive ketones (excluding diaryl/α,β-unsaturated/α-hetero) is 1. The van der Waals surface area contributed by atoms with E-state index in [0.717, 1.165) is 30.2 Å². The number of ketones is 1. The van der Waals surface area contributed by atoms with Gasteiger partial charge in [-0.15, -0.1) is 0 Å². The number of unbranched alkanes of at least 4 members (excludes halogenated alkanes) is 1. The van der Waals surface area contributed by atoms with Crippen molar-refractivity contribution in [2.24, 2.45) is 0 Å². The fourth-order valence-electron chi connectivity index (χ4n) is 2.66. The van der Waals surface area contributed by atoms with Crippen LogP contribution in [0.25, 0.3) is 0 Å². The maximum absolute atomic E-state index is 12.8. The minimum Gasteiger partial charge on any atom is -0.326 e. The number of carbonyl (C=O) groups excluding carboxylic acids is 2. The van der Waals surface area contributed by atoms with E-state index in [1.165, 1.54) is 24.4 Å². The number of benzene rings is 1. The fraction of sp³-hybridized carbons (Fsp3) is 0.450. The first-order valence-corrected chi connectivity index (χ1v) is 9.83. The Bertz CT molecular complexity index is 781. The number of rotatable bonds is 8. The second-order valence-corrected chi connectivity index (χ2v) is 7.76. The van der Waals surface area contributed by atoms with Gasteiger partial charge in [0, 0.05) is 30.4 Å². The average molecular weight is 374 g/mol. The number of nitrogens with zero attached hydrogens (tertiary/aromatic N) is 2. The standard InChI is InChI=1S/C20H27N3O2S/c1-6-7-12-23-14(3)13(2)21-20(23)26-15(4)19(25)17-8-10-18(11-9-17)22-16(5)24/h8-11,15H,6-7,12H2,1-5H3,(H,22,24). The Labute approximate surface area is 159 Å². The van der Waals surface area contributed by atoms with Gasteiger partial charge in [0.1, 0.15) is 0 Å². The molecule has 0 saturated heterocycles. The molecule has 1 unspecified atom stereocenters. The minimum absolute atomic E-state index is 0.0599. The van der Waals surface area contributed by atoms with Crippen molar-refractivity contribution in [3.05, 3.63) is 41.2 Å². The SMILES string of the molecule is CCCCn1c(SC(C)C(=O)c2ccc(NC(C)=O)cc2)nc(C)c1C. The number of imidazole rings is 1. The number of hydrogen-bond donors (Lipinski definition) is 1. The van der Waals surface area contributed by atoms with E-state index in [1.807, 2.05) is 13.8 Å². The molecule has 0 bridgehead atoms. The lowest BCUT2D eigenvalue weighted by molar-refractivity contribution is -0.114. The lowest BCUT2D eigenvalue weighted by Gasteiger charge is -2.13. The maximum atomic E-state index is 12.8. The molecule has 26 heavy (non-hydrogen) atoms. The Morgan fingerprint density at radius 2 is 1.88 bits per heavy atom. The Morgan fingerprint density at radius 1 is 1.23 bits per heavy atom. The number of nitrogens with one attached hydrogen (secondary N) is 1. The van der Waals surface area contributed by atoms with Gasteiger partial charge in [0.2, 0.25) is 5.91 Å². The Morgan fingerprint density at radius 3 is 2.46 bits per heavy atom. The molecule has 1 heterocycles. The number of anilines is 1. The van der Waals surface area contributed by atoms with Gasteiger partial charge in [0.05, 0.1) is 10.9 Å². The van der Waals surface area contributed by atoms with Crippen molar-refractivity contribution in [1.82, 2.24) is 9.55 Å². The summed E-state index contributed by atoms with van der Waals surface area (Å²) < 4.78 is 2.22. The number of thioether (sulfide) groups is 1. The largest absolute Gasteiger partial charge is 0.326 e. The summed E-state index contributed by atoms with van der Waals surface area (Å²) >= 11 is 1.51. The lowest BCUT2D eigenvalue weighted by atomic mass is 10.1. The first-order valence-electron chi connectivity index (χ1n) is 8.95. The van der Waals surface area contributed by atoms with Crippen LogP contribution in [0.2, 0.25) is 0 Å². The molecule has 0 aliphatic heterocycles. The Balaban J connectivity index is 2.12. The van der Waals surface area contributed by atoms with Gasteiger partial charge in [-0.1, -0.05) is 25.1 Å². The van der Waals surface area contributed by atoms with Crippen LogP contribution in [0, 0.1) is 13.8 Å². The molecule has 0 aliphatic carbocycles. The van der Waals surface area contributed by atoms with Crippen LogP contribution >= 0.6 is 11.8 Å². The summed E-state index contributed by atoms with van der Waals surface area (Å²) in [6.45, 7) is 10.6. The van der Waals surface area contributed by atoms with Crippen molar-refractivity contribution in [2.75, 3.05) is 5.32 Å². The van der Waals surface area contributed by atoms with Gasteiger partial charge in [-0.25, -0.2) is 4.98 Å². The molecule has 140 valence electrons. The molecule has 0 saturated carbocycles. The Hall–Kier alpha value is -2.08. The quantitative estimate of drug-likeness (QED) is 0.541. The zero-order chi connectivity index (χ0) is 19.3. The number of aromatic nitrogens is 2. The van der Waals surface area contributed by atoms with Crippen LogP contribution in [0.4, 0.5) is 5.69 Å². The second-order valence-electron chi connectivity index (χ2n) is 6.45. The van der Waals surface area contributed by atoms with Crippen LogP contribution in [0.1, 0.15) is 55.4 Å². The van der Waals surface area contributed by atoms with Crippen LogP contribution in [0.3, 0.4) is 0 Å². The molecular weight excluding hydrogens is 346 g/mol. The van der Waals surface area contributed by atoms with Gasteiger partial charge in [0.25, 0.3) is 0 Å². The highest BCUT2D eigenvalue weighted by molar-refractivity contribution is 8.00. The Kier molecular flexibility index (Phi) is 7.03. The first-order chi connectivity index (χ1) is 12.3. The third-order valence-electron chi connectivity index (χ3n) is 4.30. The predicted molar refractivity (Wildman–Crippen MR) is 107 cm³/mol. The summed E-state index contributed by atoms with van der Waals surface area (Å²) in [4.78, 5) is 28.5. The molecule has 0 aliphatic rings. The number of aryl methyl sites for hydroxylation is 1. The fourth-order valence-corrected chi connectivity index (χ4v) is 3.76. The molecular formula is C20H27N3O2S. The van der Waals surface area contributed by atoms with Crippen molar-refractivity contribution in [3.8, 4) is 0 Å². The van der Waals surface area contributed by atoms with E-state index in [9.17, 15) is 9.59 Å². The molecule has 6 heteroatoms. The third-order valence-corrected chi connectivity index (χ3v) is 5.39. The highest BCUT2D eigenvalue weighted by Gasteiger charge is 2.20. The first kappa shape index (κ1) is 20.2. The average Bonchev–Trinajstić information content (AvgIpc) is 2.86.